The standard InChI is InChI=1S/C11H12ClNO3/c12-9-5-6-16-11(7-9)8-1-3-10(4-2-8)13(14)15/h1-4,9,11H,5-7H2/t9-,11+/m1/s1. The molecule has 0 bridgehead atoms. The number of benzene rings is 1. The Bertz CT molecular complexity index is 379. The summed E-state index contributed by atoms with van der Waals surface area (Å²) in [7, 11) is 0. The Morgan fingerprint density at radius 2 is 2.06 bits per heavy atom. The summed E-state index contributed by atoms with van der Waals surface area (Å²) in [4.78, 5) is 10.1. The fraction of sp³-hybridized carbons (Fsp3) is 0.455. The van der Waals surface area contributed by atoms with Gasteiger partial charge in [0.05, 0.1) is 11.0 Å². The lowest BCUT2D eigenvalue weighted by molar-refractivity contribution is -0.384. The summed E-state index contributed by atoms with van der Waals surface area (Å²) in [6, 6.07) is 6.46. The summed E-state index contributed by atoms with van der Waals surface area (Å²) in [6.45, 7) is 0.649. The number of halogens is 1. The largest absolute Gasteiger partial charge is 0.373 e. The van der Waals surface area contributed by atoms with E-state index in [-0.39, 0.29) is 17.2 Å². The summed E-state index contributed by atoms with van der Waals surface area (Å²) < 4.78 is 5.58. The van der Waals surface area contributed by atoms with Crippen LogP contribution in [0, 0.1) is 10.1 Å². The average Bonchev–Trinajstić information content (AvgIpc) is 2.29. The van der Waals surface area contributed by atoms with Crippen molar-refractivity contribution in [2.24, 2.45) is 0 Å². The normalized spacial score (nSPS) is 25.3. The van der Waals surface area contributed by atoms with E-state index in [1.54, 1.807) is 12.1 Å². The fourth-order valence-electron chi connectivity index (χ4n) is 1.80. The van der Waals surface area contributed by atoms with Gasteiger partial charge in [0.2, 0.25) is 0 Å². The Morgan fingerprint density at radius 3 is 2.62 bits per heavy atom. The zero-order chi connectivity index (χ0) is 11.5. The summed E-state index contributed by atoms with van der Waals surface area (Å²) in [5.74, 6) is 0. The highest BCUT2D eigenvalue weighted by Gasteiger charge is 2.22. The van der Waals surface area contributed by atoms with Gasteiger partial charge in [-0.05, 0) is 30.5 Å². The van der Waals surface area contributed by atoms with Gasteiger partial charge in [0, 0.05) is 24.1 Å². The van der Waals surface area contributed by atoms with Crippen LogP contribution in [0.2, 0.25) is 0 Å². The minimum absolute atomic E-state index is 0.0305. The highest BCUT2D eigenvalue weighted by Crippen LogP contribution is 2.31. The first-order chi connectivity index (χ1) is 7.66. The third-order valence-corrected chi connectivity index (χ3v) is 3.09. The molecule has 0 amide bonds. The molecule has 0 saturated carbocycles. The molecule has 86 valence electrons. The molecule has 0 aromatic heterocycles. The van der Waals surface area contributed by atoms with Crippen LogP contribution in [-0.4, -0.2) is 16.9 Å². The quantitative estimate of drug-likeness (QED) is 0.454. The minimum Gasteiger partial charge on any atom is -0.373 e. The Balaban J connectivity index is 2.11. The number of nitro benzene ring substituents is 1. The van der Waals surface area contributed by atoms with Gasteiger partial charge in [-0.2, -0.15) is 0 Å². The Hall–Kier alpha value is -1.13. The predicted octanol–water partition coefficient (Wildman–Crippen LogP) is 3.05. The van der Waals surface area contributed by atoms with Gasteiger partial charge in [-0.25, -0.2) is 0 Å². The SMILES string of the molecule is O=[N+]([O-])c1ccc([C@@H]2C[C@H](Cl)CCO2)cc1. The minimum atomic E-state index is -0.407. The second-order valence-corrected chi connectivity index (χ2v) is 4.45. The van der Waals surface area contributed by atoms with Crippen LogP contribution in [0.4, 0.5) is 5.69 Å². The number of hydrogen-bond acceptors (Lipinski definition) is 3. The number of alkyl halides is 1. The van der Waals surface area contributed by atoms with Crippen molar-refractivity contribution in [3.05, 3.63) is 39.9 Å². The van der Waals surface area contributed by atoms with Crippen molar-refractivity contribution >= 4 is 17.3 Å². The van der Waals surface area contributed by atoms with Crippen molar-refractivity contribution in [3.63, 3.8) is 0 Å². The van der Waals surface area contributed by atoms with Crippen molar-refractivity contribution in [2.45, 2.75) is 24.3 Å². The number of nitro groups is 1. The predicted molar refractivity (Wildman–Crippen MR) is 60.7 cm³/mol. The van der Waals surface area contributed by atoms with Crippen LogP contribution in [0.15, 0.2) is 24.3 Å². The van der Waals surface area contributed by atoms with E-state index in [9.17, 15) is 10.1 Å². The molecule has 2 atom stereocenters. The van der Waals surface area contributed by atoms with Crippen molar-refractivity contribution in [1.82, 2.24) is 0 Å². The molecule has 1 heterocycles. The van der Waals surface area contributed by atoms with Gasteiger partial charge in [0.25, 0.3) is 5.69 Å². The van der Waals surface area contributed by atoms with Gasteiger partial charge < -0.3 is 4.74 Å². The van der Waals surface area contributed by atoms with Gasteiger partial charge in [0.1, 0.15) is 0 Å². The van der Waals surface area contributed by atoms with E-state index >= 15 is 0 Å². The Kier molecular flexibility index (Phi) is 3.41. The maximum Gasteiger partial charge on any atom is 0.269 e. The zero-order valence-corrected chi connectivity index (χ0v) is 9.39. The monoisotopic (exact) mass is 241 g/mol. The van der Waals surface area contributed by atoms with E-state index in [0.29, 0.717) is 6.61 Å². The van der Waals surface area contributed by atoms with E-state index < -0.39 is 4.92 Å². The first kappa shape index (κ1) is 11.4. The van der Waals surface area contributed by atoms with Crippen LogP contribution >= 0.6 is 11.6 Å². The number of nitrogens with zero attached hydrogens (tertiary/aromatic N) is 1. The lowest BCUT2D eigenvalue weighted by atomic mass is 10.0. The molecular formula is C11H12ClNO3. The number of ether oxygens (including phenoxy) is 1. The molecule has 5 heteroatoms. The Morgan fingerprint density at radius 1 is 1.38 bits per heavy atom. The molecule has 1 aromatic carbocycles. The first-order valence-corrected chi connectivity index (χ1v) is 5.60. The molecule has 1 saturated heterocycles. The zero-order valence-electron chi connectivity index (χ0n) is 8.64. The van der Waals surface area contributed by atoms with Gasteiger partial charge >= 0.3 is 0 Å². The van der Waals surface area contributed by atoms with Crippen LogP contribution in [0.1, 0.15) is 24.5 Å². The molecule has 1 aliphatic heterocycles. The van der Waals surface area contributed by atoms with Crippen LogP contribution in [-0.2, 0) is 4.74 Å². The lowest BCUT2D eigenvalue weighted by Gasteiger charge is -2.26. The fourth-order valence-corrected chi connectivity index (χ4v) is 2.05. The smallest absolute Gasteiger partial charge is 0.269 e. The molecule has 1 aromatic rings. The molecule has 4 nitrogen and oxygen atoms in total. The van der Waals surface area contributed by atoms with E-state index in [0.717, 1.165) is 18.4 Å². The summed E-state index contributed by atoms with van der Waals surface area (Å²) in [6.07, 6.45) is 1.60. The van der Waals surface area contributed by atoms with Crippen molar-refractivity contribution in [2.75, 3.05) is 6.61 Å². The number of non-ortho nitro benzene ring substituents is 1. The number of hydrogen-bond donors (Lipinski definition) is 0. The molecule has 0 spiro atoms. The first-order valence-electron chi connectivity index (χ1n) is 5.17. The molecule has 0 radical (unpaired) electrons. The maximum absolute atomic E-state index is 10.5. The van der Waals surface area contributed by atoms with Gasteiger partial charge in [-0.1, -0.05) is 0 Å². The molecule has 0 N–H and O–H groups in total. The van der Waals surface area contributed by atoms with Crippen LogP contribution in [0.5, 0.6) is 0 Å². The van der Waals surface area contributed by atoms with Gasteiger partial charge in [-0.15, -0.1) is 11.6 Å². The molecule has 1 aliphatic rings. The highest BCUT2D eigenvalue weighted by molar-refractivity contribution is 6.20. The topological polar surface area (TPSA) is 52.4 Å². The third kappa shape index (κ3) is 2.51. The maximum atomic E-state index is 10.5. The van der Waals surface area contributed by atoms with Gasteiger partial charge in [0.15, 0.2) is 0 Å². The Labute approximate surface area is 98.3 Å². The molecule has 2 rings (SSSR count). The van der Waals surface area contributed by atoms with E-state index in [4.69, 9.17) is 16.3 Å². The second-order valence-electron chi connectivity index (χ2n) is 3.83. The third-order valence-electron chi connectivity index (χ3n) is 2.70. The van der Waals surface area contributed by atoms with Crippen molar-refractivity contribution in [1.29, 1.82) is 0 Å². The number of rotatable bonds is 2. The highest BCUT2D eigenvalue weighted by atomic mass is 35.5. The summed E-state index contributed by atoms with van der Waals surface area (Å²) in [5, 5.41) is 10.6. The lowest BCUT2D eigenvalue weighted by Crippen LogP contribution is -2.19. The average molecular weight is 242 g/mol. The molecule has 0 aliphatic carbocycles. The van der Waals surface area contributed by atoms with Crippen LogP contribution in [0.25, 0.3) is 0 Å². The van der Waals surface area contributed by atoms with Crippen LogP contribution < -0.4 is 0 Å². The van der Waals surface area contributed by atoms with Gasteiger partial charge in [-0.3, -0.25) is 10.1 Å². The molecule has 0 unspecified atom stereocenters. The molecule has 16 heavy (non-hydrogen) atoms. The van der Waals surface area contributed by atoms with Crippen molar-refractivity contribution in [3.8, 4) is 0 Å². The van der Waals surface area contributed by atoms with Crippen molar-refractivity contribution < 1.29 is 9.66 Å². The molecular weight excluding hydrogens is 230 g/mol. The van der Waals surface area contributed by atoms with E-state index in [2.05, 4.69) is 0 Å². The van der Waals surface area contributed by atoms with E-state index in [1.807, 2.05) is 0 Å². The second kappa shape index (κ2) is 4.80. The van der Waals surface area contributed by atoms with E-state index in [1.165, 1.54) is 12.1 Å². The summed E-state index contributed by atoms with van der Waals surface area (Å²) in [5.41, 5.74) is 1.05. The summed E-state index contributed by atoms with van der Waals surface area (Å²) >= 11 is 6.05. The van der Waals surface area contributed by atoms with Crippen LogP contribution in [0.3, 0.4) is 0 Å². The molecule has 1 fully saturated rings.